The maximum absolute atomic E-state index is 13.2. The Morgan fingerprint density at radius 3 is 2.34 bits per heavy atom. The summed E-state index contributed by atoms with van der Waals surface area (Å²) >= 11 is 0. The fourth-order valence-electron chi connectivity index (χ4n) is 5.09. The van der Waals surface area contributed by atoms with Crippen molar-refractivity contribution in [3.8, 4) is 0 Å². The van der Waals surface area contributed by atoms with Gasteiger partial charge in [-0.15, -0.1) is 0 Å². The molecule has 0 saturated heterocycles. The van der Waals surface area contributed by atoms with Gasteiger partial charge < -0.3 is 4.90 Å². The number of anilines is 1. The lowest BCUT2D eigenvalue weighted by Gasteiger charge is -2.29. The van der Waals surface area contributed by atoms with Crippen LogP contribution in [0.1, 0.15) is 59.2 Å². The molecule has 0 N–H and O–H groups in total. The summed E-state index contributed by atoms with van der Waals surface area (Å²) in [5.74, 6) is 0.856. The Morgan fingerprint density at radius 2 is 1.62 bits per heavy atom. The fourth-order valence-corrected chi connectivity index (χ4v) is 5.09. The van der Waals surface area contributed by atoms with E-state index in [1.54, 1.807) is 0 Å². The third-order valence-corrected chi connectivity index (χ3v) is 6.63. The first kappa shape index (κ1) is 17.9. The maximum atomic E-state index is 13.2. The highest BCUT2D eigenvalue weighted by Gasteiger charge is 2.38. The second-order valence-electron chi connectivity index (χ2n) is 8.20. The molecule has 29 heavy (non-hydrogen) atoms. The number of amides is 1. The Kier molecular flexibility index (Phi) is 4.35. The van der Waals surface area contributed by atoms with Gasteiger partial charge in [-0.1, -0.05) is 73.2 Å². The molecular weight excluding hydrogens is 354 g/mol. The van der Waals surface area contributed by atoms with Gasteiger partial charge in [0, 0.05) is 29.6 Å². The van der Waals surface area contributed by atoms with Crippen LogP contribution in [0.3, 0.4) is 0 Å². The fraction of sp³-hybridized carbons (Fsp3) is 0.222. The van der Waals surface area contributed by atoms with Crippen LogP contribution in [-0.4, -0.2) is 12.5 Å². The largest absolute Gasteiger partial charge is 0.307 e. The minimum Gasteiger partial charge on any atom is -0.307 e. The standard InChI is InChI=1S/C27H25NO/c1-18(20-10-5-3-6-11-20)24-16-22-17-28(27(29)21-12-7-4-8-13-21)25-15-9-14-23(19(24)2)26(22)25/h3-15,18,22H,16-17H2,1-2H3/t18-,22?/m0/s1. The lowest BCUT2D eigenvalue weighted by atomic mass is 9.75. The summed E-state index contributed by atoms with van der Waals surface area (Å²) in [6, 6.07) is 26.8. The molecule has 1 heterocycles. The molecule has 1 aliphatic heterocycles. The van der Waals surface area contributed by atoms with Crippen molar-refractivity contribution in [2.75, 3.05) is 11.4 Å². The van der Waals surface area contributed by atoms with Crippen molar-refractivity contribution >= 4 is 17.2 Å². The predicted molar refractivity (Wildman–Crippen MR) is 119 cm³/mol. The van der Waals surface area contributed by atoms with Crippen LogP contribution in [0.2, 0.25) is 0 Å². The average Bonchev–Trinajstić information content (AvgIpc) is 3.16. The van der Waals surface area contributed by atoms with E-state index in [2.05, 4.69) is 62.4 Å². The summed E-state index contributed by atoms with van der Waals surface area (Å²) in [6.45, 7) is 5.32. The van der Waals surface area contributed by atoms with Crippen molar-refractivity contribution < 1.29 is 4.79 Å². The van der Waals surface area contributed by atoms with Gasteiger partial charge in [-0.3, -0.25) is 4.79 Å². The van der Waals surface area contributed by atoms with Crippen LogP contribution in [0.25, 0.3) is 5.57 Å². The van der Waals surface area contributed by atoms with Crippen molar-refractivity contribution in [1.82, 2.24) is 0 Å². The molecule has 5 rings (SSSR count). The molecule has 3 aromatic carbocycles. The van der Waals surface area contributed by atoms with Gasteiger partial charge in [0.15, 0.2) is 0 Å². The first-order chi connectivity index (χ1) is 14.1. The van der Waals surface area contributed by atoms with Crippen molar-refractivity contribution in [3.05, 3.63) is 107 Å². The third kappa shape index (κ3) is 2.91. The van der Waals surface area contributed by atoms with Crippen molar-refractivity contribution in [3.63, 3.8) is 0 Å². The van der Waals surface area contributed by atoms with Crippen LogP contribution in [0.5, 0.6) is 0 Å². The summed E-state index contributed by atoms with van der Waals surface area (Å²) in [7, 11) is 0. The van der Waals surface area contributed by atoms with Crippen LogP contribution in [-0.2, 0) is 0 Å². The van der Waals surface area contributed by atoms with E-state index < -0.39 is 0 Å². The topological polar surface area (TPSA) is 20.3 Å². The SMILES string of the molecule is CC1=C([C@@H](C)c2ccccc2)CC2CN(C(=O)c3ccccc3)c3cccc1c32. The van der Waals surface area contributed by atoms with Gasteiger partial charge in [-0.25, -0.2) is 0 Å². The minimum absolute atomic E-state index is 0.101. The van der Waals surface area contributed by atoms with Gasteiger partial charge in [-0.2, -0.15) is 0 Å². The van der Waals surface area contributed by atoms with Gasteiger partial charge in [0.2, 0.25) is 0 Å². The van der Waals surface area contributed by atoms with E-state index in [0.717, 1.165) is 24.2 Å². The van der Waals surface area contributed by atoms with Crippen LogP contribution < -0.4 is 4.90 Å². The van der Waals surface area contributed by atoms with Crippen LogP contribution in [0.4, 0.5) is 5.69 Å². The number of carbonyl (C=O) groups is 1. The Morgan fingerprint density at radius 1 is 0.931 bits per heavy atom. The van der Waals surface area contributed by atoms with E-state index >= 15 is 0 Å². The summed E-state index contributed by atoms with van der Waals surface area (Å²) in [5.41, 5.74) is 8.76. The molecule has 2 nitrogen and oxygen atoms in total. The van der Waals surface area contributed by atoms with E-state index in [0.29, 0.717) is 11.8 Å². The zero-order valence-corrected chi connectivity index (χ0v) is 16.9. The van der Waals surface area contributed by atoms with Crippen molar-refractivity contribution in [2.45, 2.75) is 32.1 Å². The molecule has 0 bridgehead atoms. The number of nitrogens with zero attached hydrogens (tertiary/aromatic N) is 1. The summed E-state index contributed by atoms with van der Waals surface area (Å²) < 4.78 is 0. The Balaban J connectivity index is 1.54. The smallest absolute Gasteiger partial charge is 0.258 e. The molecule has 144 valence electrons. The molecule has 0 fully saturated rings. The van der Waals surface area contributed by atoms with Crippen molar-refractivity contribution in [2.24, 2.45) is 0 Å². The second kappa shape index (κ2) is 7.04. The molecule has 1 amide bonds. The molecule has 0 spiro atoms. The van der Waals surface area contributed by atoms with Crippen LogP contribution in [0.15, 0.2) is 84.4 Å². The van der Waals surface area contributed by atoms with E-state index in [1.165, 1.54) is 27.8 Å². The number of rotatable bonds is 3. The van der Waals surface area contributed by atoms with Gasteiger partial charge >= 0.3 is 0 Å². The number of hydrogen-bond acceptors (Lipinski definition) is 1. The Labute approximate surface area is 172 Å². The van der Waals surface area contributed by atoms with Crippen LogP contribution >= 0.6 is 0 Å². The zero-order chi connectivity index (χ0) is 20.0. The molecule has 1 aliphatic carbocycles. The third-order valence-electron chi connectivity index (χ3n) is 6.63. The van der Waals surface area contributed by atoms with Gasteiger partial charge in [0.25, 0.3) is 5.91 Å². The molecule has 2 aliphatic rings. The lowest BCUT2D eigenvalue weighted by molar-refractivity contribution is 0.0988. The maximum Gasteiger partial charge on any atom is 0.258 e. The molecule has 2 atom stereocenters. The number of allylic oxidation sites excluding steroid dienone is 2. The first-order valence-electron chi connectivity index (χ1n) is 10.4. The summed E-state index contributed by atoms with van der Waals surface area (Å²) in [4.78, 5) is 15.2. The van der Waals surface area contributed by atoms with E-state index in [4.69, 9.17) is 0 Å². The van der Waals surface area contributed by atoms with Gasteiger partial charge in [0.1, 0.15) is 0 Å². The highest BCUT2D eigenvalue weighted by Crippen LogP contribution is 2.51. The number of carbonyl (C=O) groups excluding carboxylic acids is 1. The molecular formula is C27H25NO. The Bertz CT molecular complexity index is 1100. The van der Waals surface area contributed by atoms with Gasteiger partial charge in [-0.05, 0) is 53.8 Å². The average molecular weight is 380 g/mol. The number of benzene rings is 3. The monoisotopic (exact) mass is 379 g/mol. The molecule has 0 radical (unpaired) electrons. The molecule has 0 aromatic heterocycles. The number of hydrogen-bond donors (Lipinski definition) is 0. The van der Waals surface area contributed by atoms with Crippen LogP contribution in [0, 0.1) is 0 Å². The highest BCUT2D eigenvalue weighted by molar-refractivity contribution is 6.08. The lowest BCUT2D eigenvalue weighted by Crippen LogP contribution is -2.30. The minimum atomic E-state index is 0.101. The summed E-state index contributed by atoms with van der Waals surface area (Å²) in [6.07, 6.45) is 1.02. The normalized spacial score (nSPS) is 18.6. The predicted octanol–water partition coefficient (Wildman–Crippen LogP) is 6.41. The molecule has 3 aromatic rings. The highest BCUT2D eigenvalue weighted by atomic mass is 16.2. The van der Waals surface area contributed by atoms with E-state index in [-0.39, 0.29) is 5.91 Å². The second-order valence-corrected chi connectivity index (χ2v) is 8.20. The van der Waals surface area contributed by atoms with E-state index in [9.17, 15) is 4.79 Å². The first-order valence-corrected chi connectivity index (χ1v) is 10.4. The quantitative estimate of drug-likeness (QED) is 0.515. The molecule has 1 unspecified atom stereocenters. The van der Waals surface area contributed by atoms with Crippen molar-refractivity contribution in [1.29, 1.82) is 0 Å². The molecule has 2 heteroatoms. The molecule has 0 saturated carbocycles. The summed E-state index contributed by atoms with van der Waals surface area (Å²) in [5, 5.41) is 0. The Hall–Kier alpha value is -3.13. The van der Waals surface area contributed by atoms with E-state index in [1.807, 2.05) is 35.2 Å². The zero-order valence-electron chi connectivity index (χ0n) is 16.9. The van der Waals surface area contributed by atoms with Gasteiger partial charge in [0.05, 0.1) is 0 Å².